The highest BCUT2D eigenvalue weighted by Crippen LogP contribution is 2.29. The second-order valence-corrected chi connectivity index (χ2v) is 4.43. The van der Waals surface area contributed by atoms with Crippen LogP contribution < -0.4 is 16.4 Å². The van der Waals surface area contributed by atoms with Gasteiger partial charge in [-0.2, -0.15) is 0 Å². The van der Waals surface area contributed by atoms with E-state index in [9.17, 15) is 19.2 Å². The summed E-state index contributed by atoms with van der Waals surface area (Å²) in [7, 11) is 0. The third kappa shape index (κ3) is 1.62. The predicted molar refractivity (Wildman–Crippen MR) is 68.7 cm³/mol. The normalized spacial score (nSPS) is 17.0. The Hall–Kier alpha value is -2.90. The number of anilines is 1. The van der Waals surface area contributed by atoms with E-state index in [2.05, 4.69) is 10.3 Å². The van der Waals surface area contributed by atoms with Crippen molar-refractivity contribution in [3.05, 3.63) is 38.9 Å². The molecule has 0 fully saturated rings. The van der Waals surface area contributed by atoms with Crippen molar-refractivity contribution in [1.82, 2.24) is 9.55 Å². The van der Waals surface area contributed by atoms with E-state index in [-0.39, 0.29) is 0 Å². The maximum absolute atomic E-state index is 12.0. The van der Waals surface area contributed by atoms with Gasteiger partial charge in [-0.05, 0) is 12.1 Å². The molecule has 1 unspecified atom stereocenters. The zero-order valence-corrected chi connectivity index (χ0v) is 10.0. The minimum absolute atomic E-state index is 0.322. The molecule has 0 bridgehead atoms. The molecule has 102 valence electrons. The van der Waals surface area contributed by atoms with E-state index in [1.54, 1.807) is 18.2 Å². The van der Waals surface area contributed by atoms with Gasteiger partial charge in [0.05, 0.1) is 23.1 Å². The Balaban J connectivity index is 2.43. The summed E-state index contributed by atoms with van der Waals surface area (Å²) in [6.45, 7) is 0. The van der Waals surface area contributed by atoms with Gasteiger partial charge in [0.15, 0.2) is 0 Å². The molecular formula is C12H9N3O5. The number of aromatic amines is 1. The molecule has 0 radical (unpaired) electrons. The van der Waals surface area contributed by atoms with E-state index in [1.807, 2.05) is 0 Å². The summed E-state index contributed by atoms with van der Waals surface area (Å²) in [5.41, 5.74) is -0.779. The third-order valence-corrected chi connectivity index (χ3v) is 3.18. The van der Waals surface area contributed by atoms with E-state index in [0.717, 1.165) is 4.57 Å². The zero-order valence-electron chi connectivity index (χ0n) is 10.0. The lowest BCUT2D eigenvalue weighted by atomic mass is 10.1. The number of carboxylic acids is 1. The Labute approximate surface area is 110 Å². The fourth-order valence-electron chi connectivity index (χ4n) is 2.37. The summed E-state index contributed by atoms with van der Waals surface area (Å²) in [6, 6.07) is 3.52. The van der Waals surface area contributed by atoms with Crippen LogP contribution in [0.1, 0.15) is 12.5 Å². The van der Waals surface area contributed by atoms with Crippen LogP contribution in [0.5, 0.6) is 0 Å². The van der Waals surface area contributed by atoms with E-state index in [1.165, 1.54) is 0 Å². The van der Waals surface area contributed by atoms with E-state index >= 15 is 0 Å². The van der Waals surface area contributed by atoms with Gasteiger partial charge in [0, 0.05) is 0 Å². The second-order valence-electron chi connectivity index (χ2n) is 4.43. The molecule has 20 heavy (non-hydrogen) atoms. The Morgan fingerprint density at radius 2 is 2.05 bits per heavy atom. The SMILES string of the molecule is O=C(O)CC1C(=O)Nc2cccc3[nH]c(=O)c(=O)n1c23. The number of nitrogens with zero attached hydrogens (tertiary/aromatic N) is 1. The van der Waals surface area contributed by atoms with Crippen LogP contribution in [-0.4, -0.2) is 26.5 Å². The van der Waals surface area contributed by atoms with Crippen molar-refractivity contribution >= 4 is 28.6 Å². The van der Waals surface area contributed by atoms with Crippen LogP contribution in [-0.2, 0) is 9.59 Å². The maximum atomic E-state index is 12.0. The van der Waals surface area contributed by atoms with Gasteiger partial charge in [0.1, 0.15) is 6.04 Å². The van der Waals surface area contributed by atoms with Crippen molar-refractivity contribution in [2.75, 3.05) is 5.32 Å². The number of nitrogens with one attached hydrogen (secondary N) is 2. The number of aliphatic carboxylic acids is 1. The van der Waals surface area contributed by atoms with Crippen LogP contribution in [0.25, 0.3) is 11.0 Å². The number of amides is 1. The molecule has 8 nitrogen and oxygen atoms in total. The smallest absolute Gasteiger partial charge is 0.317 e. The van der Waals surface area contributed by atoms with Gasteiger partial charge >= 0.3 is 17.1 Å². The lowest BCUT2D eigenvalue weighted by Gasteiger charge is -2.25. The minimum Gasteiger partial charge on any atom is -0.481 e. The molecule has 0 spiro atoms. The molecule has 0 aliphatic carbocycles. The molecule has 0 saturated heterocycles. The van der Waals surface area contributed by atoms with Crippen LogP contribution in [0.15, 0.2) is 27.8 Å². The first-order chi connectivity index (χ1) is 9.49. The maximum Gasteiger partial charge on any atom is 0.317 e. The van der Waals surface area contributed by atoms with E-state index in [0.29, 0.717) is 16.7 Å². The van der Waals surface area contributed by atoms with Crippen LogP contribution in [0, 0.1) is 0 Å². The number of hydrogen-bond acceptors (Lipinski definition) is 4. The first-order valence-corrected chi connectivity index (χ1v) is 5.79. The lowest BCUT2D eigenvalue weighted by molar-refractivity contribution is -0.139. The average molecular weight is 275 g/mol. The first-order valence-electron chi connectivity index (χ1n) is 5.79. The van der Waals surface area contributed by atoms with E-state index < -0.39 is 35.5 Å². The number of H-pyrrole nitrogens is 1. The summed E-state index contributed by atoms with van der Waals surface area (Å²) >= 11 is 0. The molecular weight excluding hydrogens is 266 g/mol. The molecule has 1 aromatic carbocycles. The molecule has 3 N–H and O–H groups in total. The predicted octanol–water partition coefficient (Wildman–Crippen LogP) is -0.342. The highest BCUT2D eigenvalue weighted by atomic mass is 16.4. The van der Waals surface area contributed by atoms with Gasteiger partial charge in [-0.25, -0.2) is 0 Å². The van der Waals surface area contributed by atoms with Crippen LogP contribution in [0.3, 0.4) is 0 Å². The molecule has 8 heteroatoms. The Morgan fingerprint density at radius 3 is 2.75 bits per heavy atom. The van der Waals surface area contributed by atoms with Crippen LogP contribution >= 0.6 is 0 Å². The first kappa shape index (κ1) is 12.2. The highest BCUT2D eigenvalue weighted by molar-refractivity contribution is 6.05. The average Bonchev–Trinajstić information content (AvgIpc) is 2.38. The number of benzene rings is 1. The van der Waals surface area contributed by atoms with Crippen molar-refractivity contribution in [2.45, 2.75) is 12.5 Å². The minimum atomic E-state index is -1.24. The molecule has 3 rings (SSSR count). The van der Waals surface area contributed by atoms with Gasteiger partial charge < -0.3 is 15.4 Å². The van der Waals surface area contributed by atoms with Crippen LogP contribution in [0.4, 0.5) is 5.69 Å². The van der Waals surface area contributed by atoms with Gasteiger partial charge in [0.25, 0.3) is 0 Å². The molecule has 1 aliphatic heterocycles. The Bertz CT molecular complexity index is 864. The summed E-state index contributed by atoms with van der Waals surface area (Å²) in [5, 5.41) is 11.4. The van der Waals surface area contributed by atoms with Crippen molar-refractivity contribution < 1.29 is 14.7 Å². The molecule has 0 saturated carbocycles. The van der Waals surface area contributed by atoms with Gasteiger partial charge in [0.2, 0.25) is 5.91 Å². The number of carbonyl (C=O) groups excluding carboxylic acids is 1. The van der Waals surface area contributed by atoms with E-state index in [4.69, 9.17) is 5.11 Å². The Kier molecular flexibility index (Phi) is 2.46. The molecule has 1 aliphatic rings. The number of carbonyl (C=O) groups is 2. The quantitative estimate of drug-likeness (QED) is 0.647. The summed E-state index contributed by atoms with van der Waals surface area (Å²) in [5.74, 6) is -1.86. The zero-order chi connectivity index (χ0) is 14.4. The summed E-state index contributed by atoms with van der Waals surface area (Å²) in [4.78, 5) is 48.8. The number of para-hydroxylation sites is 1. The van der Waals surface area contributed by atoms with Crippen molar-refractivity contribution in [2.24, 2.45) is 0 Å². The second kappa shape index (κ2) is 4.05. The summed E-state index contributed by atoms with van der Waals surface area (Å²) < 4.78 is 0.955. The topological polar surface area (TPSA) is 121 Å². The molecule has 1 amide bonds. The number of carboxylic acid groups (broad SMARTS) is 1. The summed E-state index contributed by atoms with van der Waals surface area (Å²) in [6.07, 6.45) is -0.571. The molecule has 2 heterocycles. The fraction of sp³-hybridized carbons (Fsp3) is 0.167. The number of rotatable bonds is 2. The lowest BCUT2D eigenvalue weighted by Crippen LogP contribution is -2.45. The Morgan fingerprint density at radius 1 is 1.30 bits per heavy atom. The highest BCUT2D eigenvalue weighted by Gasteiger charge is 2.32. The number of hydrogen-bond donors (Lipinski definition) is 3. The third-order valence-electron chi connectivity index (χ3n) is 3.18. The largest absolute Gasteiger partial charge is 0.481 e. The molecule has 2 aromatic rings. The van der Waals surface area contributed by atoms with Gasteiger partial charge in [-0.15, -0.1) is 0 Å². The van der Waals surface area contributed by atoms with Gasteiger partial charge in [-0.3, -0.25) is 23.7 Å². The van der Waals surface area contributed by atoms with Crippen LogP contribution in [0.2, 0.25) is 0 Å². The van der Waals surface area contributed by atoms with Crippen molar-refractivity contribution in [1.29, 1.82) is 0 Å². The monoisotopic (exact) mass is 275 g/mol. The standard InChI is InChI=1S/C12H9N3O5/c16-8(17)4-7-10(18)13-5-2-1-3-6-9(5)15(7)12(20)11(19)14-6/h1-3,7H,4H2,(H,13,18)(H,14,19)(H,16,17). The molecule has 1 atom stereocenters. The molecule has 1 aromatic heterocycles. The number of aromatic nitrogens is 2. The van der Waals surface area contributed by atoms with Crippen molar-refractivity contribution in [3.8, 4) is 0 Å². The van der Waals surface area contributed by atoms with Gasteiger partial charge in [-0.1, -0.05) is 6.07 Å². The van der Waals surface area contributed by atoms with Crippen molar-refractivity contribution in [3.63, 3.8) is 0 Å². The fourth-order valence-corrected chi connectivity index (χ4v) is 2.37.